The first kappa shape index (κ1) is 15.1. The Bertz CT molecular complexity index is 660. The van der Waals surface area contributed by atoms with Gasteiger partial charge in [0.2, 0.25) is 0 Å². The lowest BCUT2D eigenvalue weighted by molar-refractivity contribution is 0.0683. The number of aromatic carboxylic acids is 1. The minimum atomic E-state index is -0.965. The zero-order valence-electron chi connectivity index (χ0n) is 12.8. The molecule has 0 aliphatic carbocycles. The summed E-state index contributed by atoms with van der Waals surface area (Å²) >= 11 is 0. The highest BCUT2D eigenvalue weighted by molar-refractivity contribution is 5.87. The molecule has 112 valence electrons. The van der Waals surface area contributed by atoms with E-state index in [9.17, 15) is 9.90 Å². The number of ether oxygens (including phenoxy) is 1. The van der Waals surface area contributed by atoms with Gasteiger partial charge in [0.05, 0.1) is 12.8 Å². The van der Waals surface area contributed by atoms with Crippen molar-refractivity contribution < 1.29 is 14.6 Å². The van der Waals surface area contributed by atoms with Gasteiger partial charge in [-0.2, -0.15) is 5.10 Å². The van der Waals surface area contributed by atoms with Crippen molar-refractivity contribution in [1.82, 2.24) is 9.78 Å². The summed E-state index contributed by atoms with van der Waals surface area (Å²) in [6.07, 6.45) is 0. The summed E-state index contributed by atoms with van der Waals surface area (Å²) < 4.78 is 6.86. The summed E-state index contributed by atoms with van der Waals surface area (Å²) in [5.41, 5.74) is 2.85. The third kappa shape index (κ3) is 2.91. The van der Waals surface area contributed by atoms with E-state index in [0.717, 1.165) is 16.9 Å². The number of methoxy groups -OCH3 is 1. The number of carbonyl (C=O) groups is 1. The summed E-state index contributed by atoms with van der Waals surface area (Å²) in [6, 6.07) is 7.42. The largest absolute Gasteiger partial charge is 0.496 e. The monoisotopic (exact) mass is 288 g/mol. The van der Waals surface area contributed by atoms with E-state index in [0.29, 0.717) is 18.2 Å². The van der Waals surface area contributed by atoms with Gasteiger partial charge in [-0.25, -0.2) is 4.79 Å². The number of aryl methyl sites for hydroxylation is 1. The van der Waals surface area contributed by atoms with E-state index in [-0.39, 0.29) is 5.69 Å². The lowest BCUT2D eigenvalue weighted by atomic mass is 9.98. The molecular weight excluding hydrogens is 268 g/mol. The van der Waals surface area contributed by atoms with Gasteiger partial charge in [-0.15, -0.1) is 0 Å². The van der Waals surface area contributed by atoms with Crippen LogP contribution in [0.4, 0.5) is 0 Å². The van der Waals surface area contributed by atoms with Gasteiger partial charge in [-0.1, -0.05) is 13.8 Å². The molecule has 1 aromatic heterocycles. The summed E-state index contributed by atoms with van der Waals surface area (Å²) in [5.74, 6) is 0.183. The van der Waals surface area contributed by atoms with Crippen molar-refractivity contribution in [3.05, 3.63) is 35.5 Å². The average Bonchev–Trinajstić information content (AvgIpc) is 2.90. The highest BCUT2D eigenvalue weighted by Crippen LogP contribution is 2.31. The predicted octanol–water partition coefficient (Wildman–Crippen LogP) is 3.40. The number of carboxylic acids is 1. The quantitative estimate of drug-likeness (QED) is 0.915. The maximum absolute atomic E-state index is 11.2. The first-order valence-electron chi connectivity index (χ1n) is 6.97. The Labute approximate surface area is 124 Å². The number of carboxylic acid groups (broad SMARTS) is 1. The van der Waals surface area contributed by atoms with Crippen LogP contribution in [0.2, 0.25) is 0 Å². The number of aromatic nitrogens is 2. The van der Waals surface area contributed by atoms with Crippen LogP contribution in [0.3, 0.4) is 0 Å². The second-order valence-electron chi connectivity index (χ2n) is 5.15. The fraction of sp³-hybridized carbons (Fsp3) is 0.375. The molecule has 1 N–H and O–H groups in total. The fourth-order valence-electron chi connectivity index (χ4n) is 2.32. The van der Waals surface area contributed by atoms with E-state index >= 15 is 0 Å². The maximum Gasteiger partial charge on any atom is 0.354 e. The van der Waals surface area contributed by atoms with Gasteiger partial charge in [0.15, 0.2) is 0 Å². The van der Waals surface area contributed by atoms with Crippen LogP contribution in [0.25, 0.3) is 11.3 Å². The average molecular weight is 288 g/mol. The molecule has 0 unspecified atom stereocenters. The lowest BCUT2D eigenvalue weighted by Crippen LogP contribution is -2.08. The SMILES string of the molecule is CCn1nc(-c2ccc(OC)c(C(C)C)c2)cc1C(=O)O. The third-order valence-electron chi connectivity index (χ3n) is 3.45. The molecule has 0 spiro atoms. The highest BCUT2D eigenvalue weighted by Gasteiger charge is 2.16. The van der Waals surface area contributed by atoms with Crippen molar-refractivity contribution in [3.63, 3.8) is 0 Å². The predicted molar refractivity (Wildman–Crippen MR) is 80.9 cm³/mol. The molecule has 0 amide bonds. The molecule has 0 radical (unpaired) electrons. The van der Waals surface area contributed by atoms with Crippen molar-refractivity contribution in [3.8, 4) is 17.0 Å². The summed E-state index contributed by atoms with van der Waals surface area (Å²) in [7, 11) is 1.65. The molecule has 0 saturated heterocycles. The van der Waals surface area contributed by atoms with E-state index in [1.165, 1.54) is 4.68 Å². The molecular formula is C16H20N2O3. The van der Waals surface area contributed by atoms with Gasteiger partial charge in [0, 0.05) is 12.1 Å². The molecule has 1 heterocycles. The molecule has 1 aromatic carbocycles. The van der Waals surface area contributed by atoms with E-state index in [2.05, 4.69) is 18.9 Å². The molecule has 0 fully saturated rings. The molecule has 5 heteroatoms. The first-order valence-corrected chi connectivity index (χ1v) is 6.97. The number of hydrogen-bond acceptors (Lipinski definition) is 3. The molecule has 0 saturated carbocycles. The van der Waals surface area contributed by atoms with Gasteiger partial charge >= 0.3 is 5.97 Å². The lowest BCUT2D eigenvalue weighted by Gasteiger charge is -2.12. The van der Waals surface area contributed by atoms with E-state index < -0.39 is 5.97 Å². The molecule has 0 aliphatic heterocycles. The summed E-state index contributed by atoms with van der Waals surface area (Å²) in [6.45, 7) is 6.58. The highest BCUT2D eigenvalue weighted by atomic mass is 16.5. The molecule has 5 nitrogen and oxygen atoms in total. The van der Waals surface area contributed by atoms with E-state index in [4.69, 9.17) is 4.74 Å². The Kier molecular flexibility index (Phi) is 4.31. The Morgan fingerprint density at radius 2 is 2.10 bits per heavy atom. The fourth-order valence-corrected chi connectivity index (χ4v) is 2.32. The first-order chi connectivity index (χ1) is 9.97. The summed E-state index contributed by atoms with van der Waals surface area (Å²) in [5, 5.41) is 13.6. The Morgan fingerprint density at radius 1 is 1.38 bits per heavy atom. The zero-order chi connectivity index (χ0) is 15.6. The number of benzene rings is 1. The molecule has 2 rings (SSSR count). The van der Waals surface area contributed by atoms with Crippen LogP contribution in [0.1, 0.15) is 42.7 Å². The third-order valence-corrected chi connectivity index (χ3v) is 3.45. The Balaban J connectivity index is 2.52. The van der Waals surface area contributed by atoms with Crippen LogP contribution in [0.15, 0.2) is 24.3 Å². The summed E-state index contributed by atoms with van der Waals surface area (Å²) in [4.78, 5) is 11.2. The van der Waals surface area contributed by atoms with Crippen molar-refractivity contribution in [2.24, 2.45) is 0 Å². The van der Waals surface area contributed by atoms with Gasteiger partial charge < -0.3 is 9.84 Å². The van der Waals surface area contributed by atoms with Gasteiger partial charge in [-0.05, 0) is 42.7 Å². The van der Waals surface area contributed by atoms with Crippen molar-refractivity contribution >= 4 is 5.97 Å². The Hall–Kier alpha value is -2.30. The standard InChI is InChI=1S/C16H20N2O3/c1-5-18-14(16(19)20)9-13(17-18)11-6-7-15(21-4)12(8-11)10(2)3/h6-10H,5H2,1-4H3,(H,19,20). The topological polar surface area (TPSA) is 64.4 Å². The molecule has 0 bridgehead atoms. The van der Waals surface area contributed by atoms with E-state index in [1.807, 2.05) is 25.1 Å². The molecule has 21 heavy (non-hydrogen) atoms. The normalized spacial score (nSPS) is 10.9. The molecule has 0 aliphatic rings. The van der Waals surface area contributed by atoms with Gasteiger partial charge in [0.25, 0.3) is 0 Å². The smallest absolute Gasteiger partial charge is 0.354 e. The zero-order valence-corrected chi connectivity index (χ0v) is 12.8. The van der Waals surface area contributed by atoms with Crippen molar-refractivity contribution in [1.29, 1.82) is 0 Å². The van der Waals surface area contributed by atoms with Crippen LogP contribution in [-0.4, -0.2) is 28.0 Å². The molecule has 2 aromatic rings. The van der Waals surface area contributed by atoms with Crippen molar-refractivity contribution in [2.45, 2.75) is 33.2 Å². The van der Waals surface area contributed by atoms with Crippen LogP contribution in [0.5, 0.6) is 5.75 Å². The molecule has 0 atom stereocenters. The van der Waals surface area contributed by atoms with Crippen LogP contribution in [0, 0.1) is 0 Å². The van der Waals surface area contributed by atoms with Crippen LogP contribution in [-0.2, 0) is 6.54 Å². The van der Waals surface area contributed by atoms with Gasteiger partial charge in [-0.3, -0.25) is 4.68 Å². The maximum atomic E-state index is 11.2. The number of nitrogens with zero attached hydrogens (tertiary/aromatic N) is 2. The second-order valence-corrected chi connectivity index (χ2v) is 5.15. The second kappa shape index (κ2) is 5.99. The Morgan fingerprint density at radius 3 is 2.57 bits per heavy atom. The van der Waals surface area contributed by atoms with Gasteiger partial charge in [0.1, 0.15) is 11.4 Å². The van der Waals surface area contributed by atoms with Crippen LogP contribution < -0.4 is 4.74 Å². The van der Waals surface area contributed by atoms with Crippen LogP contribution >= 0.6 is 0 Å². The minimum Gasteiger partial charge on any atom is -0.496 e. The number of rotatable bonds is 5. The van der Waals surface area contributed by atoms with E-state index in [1.54, 1.807) is 13.2 Å². The van der Waals surface area contributed by atoms with Crippen molar-refractivity contribution in [2.75, 3.05) is 7.11 Å². The minimum absolute atomic E-state index is 0.203. The number of hydrogen-bond donors (Lipinski definition) is 1.